The molecule has 504 valence electrons. The number of amides is 1. The van der Waals surface area contributed by atoms with Crippen molar-refractivity contribution in [1.29, 1.82) is 0 Å². The SMILES string of the molecule is CCCCCCCCCC/C=C\CCCCCCCCCCCCCCCCCCCCCC(=O)NC(COP(=O)([O-])OCC[N+](C)(C)C)C(O)/C=C/CC/C=C/CCCCCCCCCCCCCCCCCCCCCCCCCCCC. The molecule has 2 N–H and O–H groups in total. The maximum absolute atomic E-state index is 13.1. The highest BCUT2D eigenvalue weighted by Gasteiger charge is 2.23. The summed E-state index contributed by atoms with van der Waals surface area (Å²) in [5.74, 6) is -0.199. The summed E-state index contributed by atoms with van der Waals surface area (Å²) < 4.78 is 23.5. The monoisotopic (exact) mass is 1220 g/mol. The van der Waals surface area contributed by atoms with Crippen LogP contribution in [0.1, 0.15) is 393 Å². The normalized spacial score (nSPS) is 13.7. The number of likely N-dealkylation sites (N-methyl/N-ethyl adjacent to an activating group) is 1. The van der Waals surface area contributed by atoms with Gasteiger partial charge in [0.1, 0.15) is 13.2 Å². The van der Waals surface area contributed by atoms with Crippen molar-refractivity contribution >= 4 is 13.7 Å². The van der Waals surface area contributed by atoms with E-state index in [1.54, 1.807) is 6.08 Å². The van der Waals surface area contributed by atoms with E-state index in [4.69, 9.17) is 9.05 Å². The van der Waals surface area contributed by atoms with Crippen LogP contribution in [0.2, 0.25) is 0 Å². The number of rotatable bonds is 71. The molecule has 0 aromatic carbocycles. The zero-order chi connectivity index (χ0) is 61.9. The molecule has 0 aliphatic rings. The predicted octanol–water partition coefficient (Wildman–Crippen LogP) is 23.8. The van der Waals surface area contributed by atoms with Crippen LogP contribution in [0, 0.1) is 0 Å². The predicted molar refractivity (Wildman–Crippen MR) is 372 cm³/mol. The first kappa shape index (κ1) is 83.7. The molecule has 3 atom stereocenters. The number of carbonyl (C=O) groups is 1. The molecule has 0 spiro atoms. The number of nitrogens with one attached hydrogen (secondary N) is 1. The van der Waals surface area contributed by atoms with E-state index in [1.165, 1.54) is 334 Å². The van der Waals surface area contributed by atoms with Crippen molar-refractivity contribution in [2.24, 2.45) is 0 Å². The molecule has 0 aromatic rings. The third-order valence-corrected chi connectivity index (χ3v) is 18.5. The number of phosphoric ester groups is 1. The van der Waals surface area contributed by atoms with Crippen LogP contribution >= 0.6 is 7.82 Å². The average molecular weight is 1220 g/mol. The Morgan fingerprint density at radius 3 is 0.953 bits per heavy atom. The molecule has 9 heteroatoms. The number of aliphatic hydroxyl groups is 1. The molecule has 0 saturated heterocycles. The fourth-order valence-corrected chi connectivity index (χ4v) is 12.4. The van der Waals surface area contributed by atoms with Gasteiger partial charge >= 0.3 is 0 Å². The van der Waals surface area contributed by atoms with Gasteiger partial charge < -0.3 is 28.8 Å². The Labute approximate surface area is 531 Å². The van der Waals surface area contributed by atoms with Crippen LogP contribution in [0.4, 0.5) is 0 Å². The molecule has 0 radical (unpaired) electrons. The molecule has 0 heterocycles. The summed E-state index contributed by atoms with van der Waals surface area (Å²) in [5, 5.41) is 14.0. The lowest BCUT2D eigenvalue weighted by Crippen LogP contribution is -2.45. The van der Waals surface area contributed by atoms with Gasteiger partial charge in [0.15, 0.2) is 0 Å². The van der Waals surface area contributed by atoms with Gasteiger partial charge in [-0.1, -0.05) is 365 Å². The number of carbonyl (C=O) groups excluding carboxylic acids is 1. The minimum atomic E-state index is -4.61. The van der Waals surface area contributed by atoms with Crippen LogP contribution < -0.4 is 10.2 Å². The summed E-state index contributed by atoms with van der Waals surface area (Å²) in [6.45, 7) is 4.69. The Hall–Kier alpha value is -1.28. The van der Waals surface area contributed by atoms with Crippen molar-refractivity contribution in [3.8, 4) is 0 Å². The van der Waals surface area contributed by atoms with Crippen LogP contribution in [0.3, 0.4) is 0 Å². The van der Waals surface area contributed by atoms with Crippen LogP contribution in [-0.4, -0.2) is 68.5 Å². The number of hydrogen-bond acceptors (Lipinski definition) is 6. The molecule has 0 aliphatic heterocycles. The number of hydrogen-bond donors (Lipinski definition) is 2. The quantitative estimate of drug-likeness (QED) is 0.0272. The summed E-state index contributed by atoms with van der Waals surface area (Å²) >= 11 is 0. The summed E-state index contributed by atoms with van der Waals surface area (Å²) in [6, 6.07) is -0.904. The molecule has 0 bridgehead atoms. The van der Waals surface area contributed by atoms with Crippen molar-refractivity contribution in [3.05, 3.63) is 36.5 Å². The minimum Gasteiger partial charge on any atom is -0.756 e. The molecular weight excluding hydrogens is 1070 g/mol. The molecule has 0 aromatic heterocycles. The van der Waals surface area contributed by atoms with Gasteiger partial charge in [0.05, 0.1) is 39.9 Å². The van der Waals surface area contributed by atoms with E-state index in [2.05, 4.69) is 43.5 Å². The third-order valence-electron chi connectivity index (χ3n) is 17.6. The van der Waals surface area contributed by atoms with Gasteiger partial charge in [0.25, 0.3) is 7.82 Å². The molecule has 3 unspecified atom stereocenters. The first-order chi connectivity index (χ1) is 41.5. The van der Waals surface area contributed by atoms with E-state index in [9.17, 15) is 19.4 Å². The highest BCUT2D eigenvalue weighted by molar-refractivity contribution is 7.45. The van der Waals surface area contributed by atoms with E-state index in [0.29, 0.717) is 17.4 Å². The summed E-state index contributed by atoms with van der Waals surface area (Å²) in [4.78, 5) is 25.7. The van der Waals surface area contributed by atoms with E-state index in [1.807, 2.05) is 27.2 Å². The smallest absolute Gasteiger partial charge is 0.268 e. The van der Waals surface area contributed by atoms with Gasteiger partial charge in [-0.2, -0.15) is 0 Å². The Bertz CT molecular complexity index is 1480. The van der Waals surface area contributed by atoms with Crippen molar-refractivity contribution in [2.75, 3.05) is 40.9 Å². The molecule has 0 aliphatic carbocycles. The Morgan fingerprint density at radius 2 is 0.659 bits per heavy atom. The van der Waals surface area contributed by atoms with E-state index in [-0.39, 0.29) is 19.1 Å². The second kappa shape index (κ2) is 67.1. The highest BCUT2D eigenvalue weighted by atomic mass is 31.2. The van der Waals surface area contributed by atoms with E-state index >= 15 is 0 Å². The first-order valence-electron chi connectivity index (χ1n) is 37.9. The highest BCUT2D eigenvalue weighted by Crippen LogP contribution is 2.38. The van der Waals surface area contributed by atoms with Crippen LogP contribution in [0.5, 0.6) is 0 Å². The zero-order valence-electron chi connectivity index (χ0n) is 57.8. The average Bonchev–Trinajstić information content (AvgIpc) is 3.49. The largest absolute Gasteiger partial charge is 0.756 e. The lowest BCUT2D eigenvalue weighted by molar-refractivity contribution is -0.870. The molecule has 0 saturated carbocycles. The van der Waals surface area contributed by atoms with Crippen molar-refractivity contribution in [3.63, 3.8) is 0 Å². The fourth-order valence-electron chi connectivity index (χ4n) is 11.7. The van der Waals surface area contributed by atoms with Gasteiger partial charge in [0, 0.05) is 6.42 Å². The number of aliphatic hydroxyl groups excluding tert-OH is 1. The van der Waals surface area contributed by atoms with Crippen molar-refractivity contribution < 1.29 is 32.9 Å². The number of allylic oxidation sites excluding steroid dienone is 5. The lowest BCUT2D eigenvalue weighted by Gasteiger charge is -2.29. The van der Waals surface area contributed by atoms with Gasteiger partial charge in [-0.15, -0.1) is 0 Å². The standard InChI is InChI=1S/C76H149N2O6P/c1-6-8-10-12-14-16-18-20-22-24-26-28-30-32-34-36-38-40-41-43-45-47-49-51-53-55-57-59-61-63-65-67-69-75(79)74(73-84-85(81,82)83-72-71-78(3,4)5)77-76(80)70-68-66-64-62-60-58-56-54-52-50-48-46-44-42-39-37-35-33-31-29-27-25-23-21-19-17-15-13-11-9-7-2/h25,27,59,61,67,69,74-75,79H,6-24,26,28-58,60,62-66,68,70-73H2,1-5H3,(H-,77,80,81,82)/b27-25-,61-59+,69-67+. The number of nitrogens with zero attached hydrogens (tertiary/aromatic N) is 1. The van der Waals surface area contributed by atoms with Crippen LogP contribution in [0.15, 0.2) is 36.5 Å². The first-order valence-corrected chi connectivity index (χ1v) is 39.3. The van der Waals surface area contributed by atoms with Crippen LogP contribution in [-0.2, 0) is 18.4 Å². The van der Waals surface area contributed by atoms with Crippen molar-refractivity contribution in [2.45, 2.75) is 405 Å². The number of quaternary nitrogens is 1. The molecule has 8 nitrogen and oxygen atoms in total. The molecular formula is C76H149N2O6P. The van der Waals surface area contributed by atoms with E-state index in [0.717, 1.165) is 38.5 Å². The second-order valence-electron chi connectivity index (χ2n) is 27.4. The second-order valence-corrected chi connectivity index (χ2v) is 28.8. The van der Waals surface area contributed by atoms with E-state index < -0.39 is 20.0 Å². The zero-order valence-corrected chi connectivity index (χ0v) is 58.7. The Balaban J connectivity index is 4.02. The maximum Gasteiger partial charge on any atom is 0.268 e. The lowest BCUT2D eigenvalue weighted by atomic mass is 10.0. The molecule has 1 amide bonds. The van der Waals surface area contributed by atoms with Gasteiger partial charge in [0.2, 0.25) is 5.91 Å². The summed E-state index contributed by atoms with van der Waals surface area (Å²) in [7, 11) is 1.26. The van der Waals surface area contributed by atoms with Gasteiger partial charge in [-0.25, -0.2) is 0 Å². The topological polar surface area (TPSA) is 108 Å². The van der Waals surface area contributed by atoms with Gasteiger partial charge in [-0.3, -0.25) is 9.36 Å². The minimum absolute atomic E-state index is 0.00437. The molecule has 0 fully saturated rings. The maximum atomic E-state index is 13.1. The number of unbranched alkanes of at least 4 members (excludes halogenated alkanes) is 54. The molecule has 0 rings (SSSR count). The molecule has 85 heavy (non-hydrogen) atoms. The van der Waals surface area contributed by atoms with Gasteiger partial charge in [-0.05, 0) is 57.8 Å². The summed E-state index contributed by atoms with van der Waals surface area (Å²) in [5.41, 5.74) is 0. The Morgan fingerprint density at radius 1 is 0.400 bits per heavy atom. The fraction of sp³-hybridized carbons (Fsp3) is 0.908. The Kier molecular flexibility index (Phi) is 66.1. The summed E-state index contributed by atoms with van der Waals surface area (Å²) in [6.07, 6.45) is 90.2. The number of phosphoric acid groups is 1. The van der Waals surface area contributed by atoms with Crippen LogP contribution in [0.25, 0.3) is 0 Å². The third kappa shape index (κ3) is 70.0. The van der Waals surface area contributed by atoms with Crippen molar-refractivity contribution in [1.82, 2.24) is 5.32 Å².